The van der Waals surface area contributed by atoms with Crippen LogP contribution in [0.1, 0.15) is 30.4 Å². The molecule has 2 amide bonds. The number of benzene rings is 1. The van der Waals surface area contributed by atoms with Crippen LogP contribution in [0.25, 0.3) is 11.6 Å². The predicted octanol–water partition coefficient (Wildman–Crippen LogP) is 3.10. The molecule has 3 aromatic heterocycles. The van der Waals surface area contributed by atoms with Gasteiger partial charge in [-0.25, -0.2) is 4.39 Å². The van der Waals surface area contributed by atoms with Crippen molar-refractivity contribution in [3.63, 3.8) is 0 Å². The third-order valence-electron chi connectivity index (χ3n) is 5.36. The Morgan fingerprint density at radius 2 is 1.97 bits per heavy atom. The number of aryl methyl sites for hydroxylation is 1. The van der Waals surface area contributed by atoms with Gasteiger partial charge in [0.25, 0.3) is 0 Å². The van der Waals surface area contributed by atoms with Crippen molar-refractivity contribution < 1.29 is 22.8 Å². The molecule has 35 heavy (non-hydrogen) atoms. The van der Waals surface area contributed by atoms with Gasteiger partial charge in [0, 0.05) is 6.54 Å². The number of hydrogen-bond donors (Lipinski definition) is 1. The molecule has 1 aromatic carbocycles. The average molecular weight is 481 g/mol. The molecule has 4 rings (SSSR count). The highest BCUT2D eigenvalue weighted by Gasteiger charge is 2.30. The lowest BCUT2D eigenvalue weighted by molar-refractivity contribution is -0.142. The number of nitrogens with one attached hydrogen (secondary N) is 1. The van der Waals surface area contributed by atoms with Gasteiger partial charge in [0.15, 0.2) is 5.76 Å². The van der Waals surface area contributed by atoms with Gasteiger partial charge < -0.3 is 19.1 Å². The lowest BCUT2D eigenvalue weighted by Gasteiger charge is -2.29. The van der Waals surface area contributed by atoms with Crippen LogP contribution in [-0.4, -0.2) is 43.0 Å². The minimum absolute atomic E-state index is 0.0905. The molecule has 182 valence electrons. The zero-order chi connectivity index (χ0) is 24.8. The molecule has 1 N–H and O–H groups in total. The number of amides is 2. The Balaban J connectivity index is 1.48. The molecule has 0 aliphatic heterocycles. The molecule has 4 aromatic rings. The van der Waals surface area contributed by atoms with Crippen molar-refractivity contribution in [2.24, 2.45) is 0 Å². The Morgan fingerprint density at radius 1 is 1.17 bits per heavy atom. The minimum Gasteiger partial charge on any atom is -0.467 e. The number of tetrazole rings is 1. The maximum atomic E-state index is 13.3. The molecule has 0 aliphatic rings. The first-order valence-electron chi connectivity index (χ1n) is 11.1. The van der Waals surface area contributed by atoms with Crippen LogP contribution in [0.4, 0.5) is 4.39 Å². The van der Waals surface area contributed by atoms with Gasteiger partial charge >= 0.3 is 0 Å². The van der Waals surface area contributed by atoms with E-state index in [1.54, 1.807) is 43.3 Å². The molecule has 0 spiro atoms. The van der Waals surface area contributed by atoms with E-state index in [4.69, 9.17) is 8.83 Å². The second-order valence-corrected chi connectivity index (χ2v) is 7.92. The number of nitrogens with zero attached hydrogens (tertiary/aromatic N) is 5. The van der Waals surface area contributed by atoms with Gasteiger partial charge in [0.1, 0.15) is 29.9 Å². The Hall–Kier alpha value is -4.28. The van der Waals surface area contributed by atoms with E-state index in [1.807, 2.05) is 6.92 Å². The number of carbonyl (C=O) groups excluding carboxylic acids is 2. The Kier molecular flexibility index (Phi) is 7.34. The largest absolute Gasteiger partial charge is 0.467 e. The molecule has 10 nitrogen and oxygen atoms in total. The van der Waals surface area contributed by atoms with Crippen molar-refractivity contribution in [3.05, 3.63) is 77.7 Å². The normalized spacial score (nSPS) is 11.9. The van der Waals surface area contributed by atoms with E-state index in [1.165, 1.54) is 23.3 Å². The molecule has 11 heteroatoms. The smallest absolute Gasteiger partial charge is 0.247 e. The average Bonchev–Trinajstić information content (AvgIpc) is 3.61. The van der Waals surface area contributed by atoms with Crippen LogP contribution < -0.4 is 5.32 Å². The number of carbonyl (C=O) groups is 2. The van der Waals surface area contributed by atoms with E-state index in [2.05, 4.69) is 20.7 Å². The summed E-state index contributed by atoms with van der Waals surface area (Å²) in [5, 5.41) is 15.0. The number of rotatable bonds is 10. The number of hydrogen-bond acceptors (Lipinski definition) is 7. The molecule has 0 unspecified atom stereocenters. The lowest BCUT2D eigenvalue weighted by atomic mass is 10.1. The highest BCUT2D eigenvalue weighted by Crippen LogP contribution is 2.17. The summed E-state index contributed by atoms with van der Waals surface area (Å²) in [7, 11) is 0. The van der Waals surface area contributed by atoms with Gasteiger partial charge in [-0.2, -0.15) is 4.80 Å². The van der Waals surface area contributed by atoms with Crippen LogP contribution in [0.5, 0.6) is 0 Å². The van der Waals surface area contributed by atoms with E-state index < -0.39 is 6.04 Å². The molecule has 0 fully saturated rings. The zero-order valence-electron chi connectivity index (χ0n) is 19.3. The van der Waals surface area contributed by atoms with Crippen molar-refractivity contribution in [2.45, 2.75) is 45.9 Å². The van der Waals surface area contributed by atoms with Crippen LogP contribution in [0, 0.1) is 12.7 Å². The first-order valence-corrected chi connectivity index (χ1v) is 11.1. The maximum absolute atomic E-state index is 13.3. The zero-order valence-corrected chi connectivity index (χ0v) is 19.3. The molecular formula is C24H25FN6O4. The topological polar surface area (TPSA) is 119 Å². The van der Waals surface area contributed by atoms with Crippen LogP contribution >= 0.6 is 0 Å². The predicted molar refractivity (Wildman–Crippen MR) is 122 cm³/mol. The summed E-state index contributed by atoms with van der Waals surface area (Å²) in [6, 6.07) is 12.0. The van der Waals surface area contributed by atoms with Crippen molar-refractivity contribution in [3.8, 4) is 11.6 Å². The molecule has 0 saturated carbocycles. The molecule has 0 radical (unpaired) electrons. The fourth-order valence-corrected chi connectivity index (χ4v) is 3.57. The van der Waals surface area contributed by atoms with Gasteiger partial charge in [-0.05, 0) is 60.5 Å². The summed E-state index contributed by atoms with van der Waals surface area (Å²) in [6.45, 7) is 3.68. The molecule has 0 aliphatic carbocycles. The summed E-state index contributed by atoms with van der Waals surface area (Å²) in [5.74, 6) is 0.859. The third kappa shape index (κ3) is 5.99. The quantitative estimate of drug-likeness (QED) is 0.370. The number of halogens is 1. The minimum atomic E-state index is -0.774. The monoisotopic (exact) mass is 480 g/mol. The Morgan fingerprint density at radius 3 is 2.63 bits per heavy atom. The molecule has 1 atom stereocenters. The summed E-state index contributed by atoms with van der Waals surface area (Å²) < 4.78 is 24.1. The van der Waals surface area contributed by atoms with Crippen molar-refractivity contribution in [1.82, 2.24) is 30.4 Å². The summed E-state index contributed by atoms with van der Waals surface area (Å²) >= 11 is 0. The summed E-state index contributed by atoms with van der Waals surface area (Å²) in [4.78, 5) is 29.0. The second kappa shape index (κ2) is 10.8. The Bertz CT molecular complexity index is 1270. The number of furan rings is 2. The third-order valence-corrected chi connectivity index (χ3v) is 5.36. The van der Waals surface area contributed by atoms with Gasteiger partial charge in [-0.1, -0.05) is 19.1 Å². The fourth-order valence-electron chi connectivity index (χ4n) is 3.57. The molecule has 3 heterocycles. The Labute approximate surface area is 200 Å². The standard InChI is InChI=1S/C24H25FN6O4/c1-3-20(24(33)26-13-17-7-9-18(25)10-8-17)30(14-19-5-4-12-34-19)22(32)15-31-28-23(27-29-31)21-11-6-16(2)35-21/h4-12,20H,3,13-15H2,1-2H3,(H,26,33)/t20-/m0/s1. The van der Waals surface area contributed by atoms with Gasteiger partial charge in [-0.15, -0.1) is 10.2 Å². The molecular weight excluding hydrogens is 455 g/mol. The van der Waals surface area contributed by atoms with Gasteiger partial charge in [-0.3, -0.25) is 9.59 Å². The van der Waals surface area contributed by atoms with E-state index in [9.17, 15) is 14.0 Å². The van der Waals surface area contributed by atoms with Crippen molar-refractivity contribution in [1.29, 1.82) is 0 Å². The van der Waals surface area contributed by atoms with Crippen molar-refractivity contribution in [2.75, 3.05) is 0 Å². The van der Waals surface area contributed by atoms with Crippen LogP contribution in [0.2, 0.25) is 0 Å². The molecule has 0 saturated heterocycles. The fraction of sp³-hybridized carbons (Fsp3) is 0.292. The van der Waals surface area contributed by atoms with E-state index in [0.717, 1.165) is 10.4 Å². The lowest BCUT2D eigenvalue weighted by Crippen LogP contribution is -2.49. The SMILES string of the molecule is CC[C@@H](C(=O)NCc1ccc(F)cc1)N(Cc1ccco1)C(=O)Cn1nnc(-c2ccc(C)o2)n1. The van der Waals surface area contributed by atoms with Crippen LogP contribution in [-0.2, 0) is 29.2 Å². The van der Waals surface area contributed by atoms with E-state index in [-0.39, 0.29) is 43.1 Å². The van der Waals surface area contributed by atoms with Crippen LogP contribution in [0.3, 0.4) is 0 Å². The maximum Gasteiger partial charge on any atom is 0.247 e. The highest BCUT2D eigenvalue weighted by molar-refractivity contribution is 5.87. The van der Waals surface area contributed by atoms with E-state index >= 15 is 0 Å². The first kappa shape index (κ1) is 23.9. The van der Waals surface area contributed by atoms with Crippen molar-refractivity contribution >= 4 is 11.8 Å². The summed E-state index contributed by atoms with van der Waals surface area (Å²) in [6.07, 6.45) is 1.87. The summed E-state index contributed by atoms with van der Waals surface area (Å²) in [5.41, 5.74) is 0.742. The second-order valence-electron chi connectivity index (χ2n) is 7.92. The van der Waals surface area contributed by atoms with E-state index in [0.29, 0.717) is 23.7 Å². The number of aromatic nitrogens is 4. The highest BCUT2D eigenvalue weighted by atomic mass is 19.1. The van der Waals surface area contributed by atoms with Gasteiger partial charge in [0.2, 0.25) is 17.6 Å². The van der Waals surface area contributed by atoms with Crippen LogP contribution in [0.15, 0.2) is 63.6 Å². The molecule has 0 bridgehead atoms. The van der Waals surface area contributed by atoms with Gasteiger partial charge in [0.05, 0.1) is 12.8 Å². The first-order chi connectivity index (χ1) is 16.9.